The molecule has 5 rings (SSSR count). The zero-order valence-corrected chi connectivity index (χ0v) is 22.1. The van der Waals surface area contributed by atoms with E-state index in [1.54, 1.807) is 25.6 Å². The molecule has 190 valence electrons. The summed E-state index contributed by atoms with van der Waals surface area (Å²) in [7, 11) is 3.30. The molecule has 8 heteroatoms. The van der Waals surface area contributed by atoms with Gasteiger partial charge < -0.3 is 25.2 Å². The predicted octanol–water partition coefficient (Wildman–Crippen LogP) is 4.87. The first-order valence-electron chi connectivity index (χ1n) is 12.7. The topological polar surface area (TPSA) is 92.7 Å². The molecule has 0 spiro atoms. The number of thiazole rings is 1. The van der Waals surface area contributed by atoms with E-state index in [9.17, 15) is 9.90 Å². The average Bonchev–Trinajstić information content (AvgIpc) is 3.56. The van der Waals surface area contributed by atoms with Gasteiger partial charge in [0.1, 0.15) is 11.5 Å². The maximum atomic E-state index is 12.8. The van der Waals surface area contributed by atoms with Gasteiger partial charge in [-0.25, -0.2) is 4.98 Å². The van der Waals surface area contributed by atoms with Crippen LogP contribution in [0.1, 0.15) is 62.9 Å². The molecule has 0 saturated heterocycles. The van der Waals surface area contributed by atoms with Crippen LogP contribution < -0.4 is 20.1 Å². The first kappa shape index (κ1) is 24.4. The van der Waals surface area contributed by atoms with Crippen LogP contribution in [0, 0.1) is 23.2 Å². The Bertz CT molecular complexity index is 1100. The first-order chi connectivity index (χ1) is 16.7. The molecule has 6 atom stereocenters. The zero-order chi connectivity index (χ0) is 24.9. The third-order valence-electron chi connectivity index (χ3n) is 8.55. The van der Waals surface area contributed by atoms with Gasteiger partial charge in [-0.3, -0.25) is 4.79 Å². The Hall–Kier alpha value is -2.32. The molecule has 1 heterocycles. The van der Waals surface area contributed by atoms with Crippen LogP contribution in [0.4, 0.5) is 10.8 Å². The van der Waals surface area contributed by atoms with Crippen LogP contribution in [-0.4, -0.2) is 42.4 Å². The monoisotopic (exact) mass is 499 g/mol. The molecule has 3 N–H and O–H groups in total. The number of aliphatic hydroxyl groups excluding tert-OH is 1. The van der Waals surface area contributed by atoms with E-state index in [-0.39, 0.29) is 35.0 Å². The zero-order valence-electron chi connectivity index (χ0n) is 21.3. The van der Waals surface area contributed by atoms with E-state index in [0.29, 0.717) is 6.04 Å². The highest BCUT2D eigenvalue weighted by Crippen LogP contribution is 2.57. The smallest absolute Gasteiger partial charge is 0.223 e. The highest BCUT2D eigenvalue weighted by Gasteiger charge is 2.54. The van der Waals surface area contributed by atoms with Gasteiger partial charge in [0.05, 0.1) is 31.7 Å². The minimum Gasteiger partial charge on any atom is -0.497 e. The Labute approximate surface area is 211 Å². The summed E-state index contributed by atoms with van der Waals surface area (Å²) in [5.74, 6) is 1.55. The Morgan fingerprint density at radius 3 is 2.71 bits per heavy atom. The van der Waals surface area contributed by atoms with Gasteiger partial charge in [0.25, 0.3) is 0 Å². The van der Waals surface area contributed by atoms with Gasteiger partial charge in [0.2, 0.25) is 5.91 Å². The normalized spacial score (nSPS) is 30.6. The number of hydrogen-bond acceptors (Lipinski definition) is 7. The summed E-state index contributed by atoms with van der Waals surface area (Å²) in [5, 5.41) is 19.0. The summed E-state index contributed by atoms with van der Waals surface area (Å²) in [6.45, 7) is 6.49. The summed E-state index contributed by atoms with van der Waals surface area (Å²) >= 11 is 1.68. The number of methoxy groups -OCH3 is 2. The van der Waals surface area contributed by atoms with Crippen molar-refractivity contribution in [1.82, 2.24) is 10.3 Å². The largest absolute Gasteiger partial charge is 0.497 e. The Morgan fingerprint density at radius 1 is 1.26 bits per heavy atom. The van der Waals surface area contributed by atoms with E-state index in [2.05, 4.69) is 24.5 Å². The third-order valence-corrected chi connectivity index (χ3v) is 9.54. The molecule has 2 fully saturated rings. The highest BCUT2D eigenvalue weighted by atomic mass is 32.1. The van der Waals surface area contributed by atoms with Crippen molar-refractivity contribution in [1.29, 1.82) is 0 Å². The molecule has 0 radical (unpaired) electrons. The molecule has 3 aliphatic rings. The standard InChI is InChI=1S/C27H37N3O4S/c1-14(25(32)28-16-6-7-16)18-10-11-27(3)13-21-23(15(2)22(27)24(18)31)30-26(35-21)29-19-12-17(33-4)8-9-20(19)34-5/h8-9,12,14-16,18,22,24,31H,6-7,10-11,13H2,1-5H3,(H,28,32)(H,29,30)/t14-,15-,18+,22+,24-,27-/m0/s1. The number of carbonyl (C=O) groups excluding carboxylic acids is 1. The van der Waals surface area contributed by atoms with Crippen LogP contribution in [-0.2, 0) is 11.2 Å². The van der Waals surface area contributed by atoms with Crippen LogP contribution in [0.25, 0.3) is 0 Å². The van der Waals surface area contributed by atoms with E-state index >= 15 is 0 Å². The molecule has 2 aromatic rings. The summed E-state index contributed by atoms with van der Waals surface area (Å²) in [4.78, 5) is 19.0. The molecule has 3 aliphatic carbocycles. The van der Waals surface area contributed by atoms with Gasteiger partial charge in [-0.15, -0.1) is 11.3 Å². The number of benzene rings is 1. The number of nitrogens with zero attached hydrogens (tertiary/aromatic N) is 1. The molecule has 1 aromatic carbocycles. The quantitative estimate of drug-likeness (QED) is 0.503. The molecule has 7 nitrogen and oxygen atoms in total. The number of aliphatic hydroxyl groups is 1. The fraction of sp³-hybridized carbons (Fsp3) is 0.630. The minimum atomic E-state index is -0.520. The third kappa shape index (κ3) is 4.51. The van der Waals surface area contributed by atoms with E-state index < -0.39 is 6.10 Å². The SMILES string of the molecule is COc1ccc(OC)c(Nc2nc3c(s2)C[C@]2(C)CC[C@H]([C@H](C)C(=O)NC4CC4)[C@H](O)[C@H]2[C@@H]3C)c1. The summed E-state index contributed by atoms with van der Waals surface area (Å²) in [6.07, 6.45) is 4.42. The molecule has 1 amide bonds. The molecule has 0 unspecified atom stereocenters. The number of rotatable bonds is 7. The Balaban J connectivity index is 1.38. The first-order valence-corrected chi connectivity index (χ1v) is 13.5. The number of ether oxygens (including phenoxy) is 2. The van der Waals surface area contributed by atoms with Gasteiger partial charge in [0.15, 0.2) is 5.13 Å². The van der Waals surface area contributed by atoms with Gasteiger partial charge in [-0.05, 0) is 61.5 Å². The maximum Gasteiger partial charge on any atom is 0.223 e. The Kier molecular flexibility index (Phi) is 6.46. The fourth-order valence-electron chi connectivity index (χ4n) is 6.38. The average molecular weight is 500 g/mol. The van der Waals surface area contributed by atoms with Crippen molar-refractivity contribution >= 4 is 28.1 Å². The number of aromatic nitrogens is 1. The van der Waals surface area contributed by atoms with Crippen LogP contribution in [0.5, 0.6) is 11.5 Å². The van der Waals surface area contributed by atoms with Gasteiger partial charge in [0, 0.05) is 28.8 Å². The van der Waals surface area contributed by atoms with E-state index in [4.69, 9.17) is 14.5 Å². The van der Waals surface area contributed by atoms with Gasteiger partial charge in [-0.2, -0.15) is 0 Å². The minimum absolute atomic E-state index is 0.00746. The lowest BCUT2D eigenvalue weighted by Crippen LogP contribution is -2.53. The lowest BCUT2D eigenvalue weighted by Gasteiger charge is -2.53. The van der Waals surface area contributed by atoms with Crippen molar-refractivity contribution in [3.8, 4) is 11.5 Å². The lowest BCUT2D eigenvalue weighted by atomic mass is 9.53. The van der Waals surface area contributed by atoms with Crippen LogP contribution in [0.2, 0.25) is 0 Å². The second-order valence-electron chi connectivity index (χ2n) is 10.9. The van der Waals surface area contributed by atoms with E-state index in [0.717, 1.165) is 60.1 Å². The van der Waals surface area contributed by atoms with Crippen molar-refractivity contribution in [3.63, 3.8) is 0 Å². The summed E-state index contributed by atoms with van der Waals surface area (Å²) in [6, 6.07) is 6.00. The van der Waals surface area contributed by atoms with Crippen molar-refractivity contribution in [2.45, 2.75) is 70.9 Å². The number of fused-ring (bicyclic) bond motifs is 2. The Morgan fingerprint density at radius 2 is 2.03 bits per heavy atom. The number of nitrogens with one attached hydrogen (secondary N) is 2. The lowest BCUT2D eigenvalue weighted by molar-refractivity contribution is -0.134. The van der Waals surface area contributed by atoms with E-state index in [1.807, 2.05) is 25.1 Å². The number of amides is 1. The van der Waals surface area contributed by atoms with Crippen LogP contribution >= 0.6 is 11.3 Å². The molecule has 0 bridgehead atoms. The number of hydrogen-bond donors (Lipinski definition) is 3. The van der Waals surface area contributed by atoms with Crippen molar-refractivity contribution in [2.75, 3.05) is 19.5 Å². The van der Waals surface area contributed by atoms with Crippen molar-refractivity contribution in [3.05, 3.63) is 28.8 Å². The summed E-state index contributed by atoms with van der Waals surface area (Å²) < 4.78 is 10.9. The van der Waals surface area contributed by atoms with Crippen LogP contribution in [0.15, 0.2) is 18.2 Å². The van der Waals surface area contributed by atoms with Crippen molar-refractivity contribution in [2.24, 2.45) is 23.2 Å². The predicted molar refractivity (Wildman–Crippen MR) is 138 cm³/mol. The number of anilines is 2. The second-order valence-corrected chi connectivity index (χ2v) is 12.0. The highest BCUT2D eigenvalue weighted by molar-refractivity contribution is 7.15. The molecule has 2 saturated carbocycles. The second kappa shape index (κ2) is 9.28. The fourth-order valence-corrected chi connectivity index (χ4v) is 7.66. The van der Waals surface area contributed by atoms with Crippen LogP contribution in [0.3, 0.4) is 0 Å². The van der Waals surface area contributed by atoms with Gasteiger partial charge in [-0.1, -0.05) is 20.8 Å². The summed E-state index contributed by atoms with van der Waals surface area (Å²) in [5.41, 5.74) is 1.87. The van der Waals surface area contributed by atoms with Gasteiger partial charge >= 0.3 is 0 Å². The molecule has 0 aliphatic heterocycles. The number of carbonyl (C=O) groups is 1. The molecular weight excluding hydrogens is 462 g/mol. The maximum absolute atomic E-state index is 12.8. The van der Waals surface area contributed by atoms with E-state index in [1.165, 1.54) is 4.88 Å². The molecule has 1 aromatic heterocycles. The molecule has 35 heavy (non-hydrogen) atoms. The van der Waals surface area contributed by atoms with Crippen molar-refractivity contribution < 1.29 is 19.4 Å². The molecular formula is C27H37N3O4S.